The van der Waals surface area contributed by atoms with Crippen molar-refractivity contribution in [1.82, 2.24) is 5.32 Å². The number of piperidine rings is 1. The Morgan fingerprint density at radius 2 is 1.58 bits per heavy atom. The second-order valence-corrected chi connectivity index (χ2v) is 6.61. The van der Waals surface area contributed by atoms with Gasteiger partial charge in [-0.15, -0.1) is 0 Å². The Balaban J connectivity index is 1.57. The van der Waals surface area contributed by atoms with E-state index < -0.39 is 11.9 Å². The fourth-order valence-electron chi connectivity index (χ4n) is 3.28. The zero-order chi connectivity index (χ0) is 18.5. The molecule has 0 unspecified atom stereocenters. The third-order valence-electron chi connectivity index (χ3n) is 4.83. The minimum atomic E-state index is -0.600. The van der Waals surface area contributed by atoms with E-state index in [2.05, 4.69) is 5.32 Å². The van der Waals surface area contributed by atoms with Gasteiger partial charge in [0.05, 0.1) is 37.6 Å². The molecule has 142 valence electrons. The van der Waals surface area contributed by atoms with Gasteiger partial charge < -0.3 is 24.3 Å². The van der Waals surface area contributed by atoms with Crippen LogP contribution in [-0.2, 0) is 14.2 Å². The average molecular weight is 363 g/mol. The lowest BCUT2D eigenvalue weighted by molar-refractivity contribution is -0.103. The maximum Gasteiger partial charge on any atom is 0.338 e. The van der Waals surface area contributed by atoms with Gasteiger partial charge in [0.2, 0.25) is 0 Å². The van der Waals surface area contributed by atoms with Crippen molar-refractivity contribution >= 4 is 11.9 Å². The standard InChI is InChI=1S/C19H25NO6/c1-23-18(21)16-4-3-13(11-17(16)19(22)24-2)26-15-9-14(10-15)25-12-5-7-20-8-6-12/h3-4,11-12,14-15,20H,5-10H2,1-2H3/t14-,15-. The number of esters is 2. The summed E-state index contributed by atoms with van der Waals surface area (Å²) in [6, 6.07) is 4.72. The smallest absolute Gasteiger partial charge is 0.338 e. The fourth-order valence-corrected chi connectivity index (χ4v) is 3.28. The fraction of sp³-hybridized carbons (Fsp3) is 0.579. The summed E-state index contributed by atoms with van der Waals surface area (Å²) in [4.78, 5) is 23.7. The normalized spacial score (nSPS) is 23.0. The van der Waals surface area contributed by atoms with Crippen LogP contribution in [0, 0.1) is 0 Å². The highest BCUT2D eigenvalue weighted by atomic mass is 16.5. The van der Waals surface area contributed by atoms with E-state index in [1.165, 1.54) is 26.4 Å². The van der Waals surface area contributed by atoms with Crippen molar-refractivity contribution < 1.29 is 28.5 Å². The SMILES string of the molecule is COC(=O)c1ccc(O[C@H]2C[C@H](OC3CCNCC3)C2)cc1C(=O)OC. The Bertz CT molecular complexity index is 649. The summed E-state index contributed by atoms with van der Waals surface area (Å²) in [5, 5.41) is 3.33. The first kappa shape index (κ1) is 18.7. The highest BCUT2D eigenvalue weighted by molar-refractivity contribution is 6.03. The van der Waals surface area contributed by atoms with Gasteiger partial charge >= 0.3 is 11.9 Å². The lowest BCUT2D eigenvalue weighted by Gasteiger charge is -2.38. The molecule has 1 saturated heterocycles. The number of rotatable bonds is 6. The molecule has 1 aliphatic heterocycles. The molecule has 0 bridgehead atoms. The topological polar surface area (TPSA) is 83.1 Å². The van der Waals surface area contributed by atoms with Crippen LogP contribution in [0.4, 0.5) is 0 Å². The van der Waals surface area contributed by atoms with Gasteiger partial charge in [-0.3, -0.25) is 0 Å². The summed E-state index contributed by atoms with van der Waals surface area (Å²) in [6.07, 6.45) is 4.40. The van der Waals surface area contributed by atoms with Gasteiger partial charge in [-0.1, -0.05) is 0 Å². The second kappa shape index (κ2) is 8.51. The third kappa shape index (κ3) is 4.34. The van der Waals surface area contributed by atoms with Crippen LogP contribution in [0.3, 0.4) is 0 Å². The van der Waals surface area contributed by atoms with Crippen LogP contribution >= 0.6 is 0 Å². The van der Waals surface area contributed by atoms with Crippen LogP contribution in [0.5, 0.6) is 5.75 Å². The van der Waals surface area contributed by atoms with Gasteiger partial charge in [0.1, 0.15) is 11.9 Å². The molecule has 3 rings (SSSR count). The molecule has 7 heteroatoms. The van der Waals surface area contributed by atoms with Crippen LogP contribution < -0.4 is 10.1 Å². The Kier molecular flexibility index (Phi) is 6.11. The highest BCUT2D eigenvalue weighted by Gasteiger charge is 2.34. The van der Waals surface area contributed by atoms with E-state index in [-0.39, 0.29) is 23.3 Å². The number of hydrogen-bond donors (Lipinski definition) is 1. The molecule has 0 amide bonds. The molecule has 2 fully saturated rings. The van der Waals surface area contributed by atoms with Crippen LogP contribution in [-0.4, -0.2) is 57.6 Å². The van der Waals surface area contributed by atoms with Gasteiger partial charge in [-0.05, 0) is 44.1 Å². The van der Waals surface area contributed by atoms with Crippen LogP contribution in [0.1, 0.15) is 46.4 Å². The number of carbonyl (C=O) groups excluding carboxylic acids is 2. The zero-order valence-electron chi connectivity index (χ0n) is 15.2. The van der Waals surface area contributed by atoms with Crippen molar-refractivity contribution in [2.45, 2.75) is 44.0 Å². The Hall–Kier alpha value is -2.12. The Morgan fingerprint density at radius 1 is 0.923 bits per heavy atom. The molecule has 7 nitrogen and oxygen atoms in total. The molecule has 1 N–H and O–H groups in total. The quantitative estimate of drug-likeness (QED) is 0.773. The Labute approximate surface area is 152 Å². The van der Waals surface area contributed by atoms with Crippen molar-refractivity contribution in [3.05, 3.63) is 29.3 Å². The van der Waals surface area contributed by atoms with E-state index in [4.69, 9.17) is 18.9 Å². The average Bonchev–Trinajstić information content (AvgIpc) is 2.65. The summed E-state index contributed by atoms with van der Waals surface area (Å²) in [7, 11) is 2.54. The maximum atomic E-state index is 11.9. The van der Waals surface area contributed by atoms with E-state index in [1.807, 2.05) is 0 Å². The summed E-state index contributed by atoms with van der Waals surface area (Å²) >= 11 is 0. The molecule has 26 heavy (non-hydrogen) atoms. The van der Waals surface area contributed by atoms with Gasteiger partial charge in [-0.2, -0.15) is 0 Å². The predicted octanol–water partition coefficient (Wildman–Crippen LogP) is 1.94. The van der Waals surface area contributed by atoms with E-state index in [9.17, 15) is 9.59 Å². The summed E-state index contributed by atoms with van der Waals surface area (Å²) < 4.78 is 21.5. The summed E-state index contributed by atoms with van der Waals surface area (Å²) in [6.45, 7) is 2.03. The zero-order valence-corrected chi connectivity index (χ0v) is 15.2. The summed E-state index contributed by atoms with van der Waals surface area (Å²) in [5.74, 6) is -0.657. The number of methoxy groups -OCH3 is 2. The highest BCUT2D eigenvalue weighted by Crippen LogP contribution is 2.31. The minimum Gasteiger partial charge on any atom is -0.490 e. The van der Waals surface area contributed by atoms with Gasteiger partial charge in [0.15, 0.2) is 0 Å². The molecule has 1 aromatic carbocycles. The van der Waals surface area contributed by atoms with Crippen molar-refractivity contribution in [3.63, 3.8) is 0 Å². The molecule has 0 atom stereocenters. The molecule has 0 aromatic heterocycles. The predicted molar refractivity (Wildman–Crippen MR) is 93.5 cm³/mol. The molecule has 1 heterocycles. The molecular formula is C19H25NO6. The largest absolute Gasteiger partial charge is 0.490 e. The van der Waals surface area contributed by atoms with Crippen LogP contribution in [0.2, 0.25) is 0 Å². The van der Waals surface area contributed by atoms with E-state index in [0.717, 1.165) is 38.8 Å². The monoisotopic (exact) mass is 363 g/mol. The number of hydrogen-bond acceptors (Lipinski definition) is 7. The molecule has 1 aromatic rings. The lowest BCUT2D eigenvalue weighted by atomic mass is 9.91. The van der Waals surface area contributed by atoms with Gasteiger partial charge in [0, 0.05) is 12.8 Å². The third-order valence-corrected chi connectivity index (χ3v) is 4.83. The maximum absolute atomic E-state index is 11.9. The van der Waals surface area contributed by atoms with E-state index in [0.29, 0.717) is 11.9 Å². The summed E-state index contributed by atoms with van der Waals surface area (Å²) in [5.41, 5.74) is 0.297. The molecule has 0 radical (unpaired) electrons. The second-order valence-electron chi connectivity index (χ2n) is 6.61. The lowest BCUT2D eigenvalue weighted by Crippen LogP contribution is -2.43. The number of nitrogens with one attached hydrogen (secondary N) is 1. The van der Waals surface area contributed by atoms with Crippen LogP contribution in [0.25, 0.3) is 0 Å². The first-order valence-electron chi connectivity index (χ1n) is 8.94. The molecule has 1 aliphatic carbocycles. The van der Waals surface area contributed by atoms with Crippen molar-refractivity contribution in [1.29, 1.82) is 0 Å². The first-order valence-corrected chi connectivity index (χ1v) is 8.94. The molecular weight excluding hydrogens is 338 g/mol. The van der Waals surface area contributed by atoms with Crippen molar-refractivity contribution in [2.75, 3.05) is 27.3 Å². The molecule has 2 aliphatic rings. The van der Waals surface area contributed by atoms with E-state index in [1.54, 1.807) is 6.07 Å². The van der Waals surface area contributed by atoms with Gasteiger partial charge in [-0.25, -0.2) is 9.59 Å². The first-order chi connectivity index (χ1) is 12.6. The minimum absolute atomic E-state index is 0.0520. The Morgan fingerprint density at radius 3 is 2.23 bits per heavy atom. The molecule has 1 saturated carbocycles. The number of carbonyl (C=O) groups is 2. The molecule has 0 spiro atoms. The van der Waals surface area contributed by atoms with Crippen molar-refractivity contribution in [2.24, 2.45) is 0 Å². The van der Waals surface area contributed by atoms with Crippen molar-refractivity contribution in [3.8, 4) is 5.75 Å². The van der Waals surface area contributed by atoms with Crippen LogP contribution in [0.15, 0.2) is 18.2 Å². The van der Waals surface area contributed by atoms with E-state index >= 15 is 0 Å². The van der Waals surface area contributed by atoms with Gasteiger partial charge in [0.25, 0.3) is 0 Å². The number of benzene rings is 1. The number of ether oxygens (including phenoxy) is 4.